The standard InChI is InChI=1S/C23H27N3O/c27-22-17-23(19-26(22)14-4-7-20-5-2-1-3-6-20)10-15-25(16-11-23)18-21-8-12-24-13-9-21/h1-9,12-13H,10-11,14-19H2/b7-4+. The zero-order valence-electron chi connectivity index (χ0n) is 15.8. The smallest absolute Gasteiger partial charge is 0.223 e. The van der Waals surface area contributed by atoms with Gasteiger partial charge in [0.1, 0.15) is 0 Å². The van der Waals surface area contributed by atoms with Gasteiger partial charge in [0.25, 0.3) is 0 Å². The van der Waals surface area contributed by atoms with Crippen LogP contribution in [0, 0.1) is 5.41 Å². The number of aromatic nitrogens is 1. The molecule has 0 saturated carbocycles. The lowest BCUT2D eigenvalue weighted by molar-refractivity contribution is -0.127. The molecule has 2 aromatic rings. The monoisotopic (exact) mass is 361 g/mol. The van der Waals surface area contributed by atoms with Crippen molar-refractivity contribution in [3.63, 3.8) is 0 Å². The highest BCUT2D eigenvalue weighted by Gasteiger charge is 2.44. The fourth-order valence-corrected chi connectivity index (χ4v) is 4.29. The van der Waals surface area contributed by atoms with E-state index in [1.54, 1.807) is 0 Å². The molecule has 4 rings (SSSR count). The van der Waals surface area contributed by atoms with E-state index in [9.17, 15) is 4.79 Å². The summed E-state index contributed by atoms with van der Waals surface area (Å²) in [5.74, 6) is 0.315. The molecule has 27 heavy (non-hydrogen) atoms. The Morgan fingerprint density at radius 1 is 1.04 bits per heavy atom. The van der Waals surface area contributed by atoms with E-state index >= 15 is 0 Å². The van der Waals surface area contributed by atoms with E-state index in [2.05, 4.69) is 46.3 Å². The first-order chi connectivity index (χ1) is 13.2. The lowest BCUT2D eigenvalue weighted by Crippen LogP contribution is -2.41. The van der Waals surface area contributed by atoms with E-state index in [1.807, 2.05) is 35.5 Å². The van der Waals surface area contributed by atoms with E-state index in [-0.39, 0.29) is 5.41 Å². The summed E-state index contributed by atoms with van der Waals surface area (Å²) >= 11 is 0. The van der Waals surface area contributed by atoms with Crippen molar-refractivity contribution in [2.75, 3.05) is 26.2 Å². The van der Waals surface area contributed by atoms with Gasteiger partial charge in [-0.1, -0.05) is 42.5 Å². The number of piperidine rings is 1. The summed E-state index contributed by atoms with van der Waals surface area (Å²) < 4.78 is 0. The first-order valence-electron chi connectivity index (χ1n) is 9.83. The maximum Gasteiger partial charge on any atom is 0.223 e. The number of carbonyl (C=O) groups excluding carboxylic acids is 1. The van der Waals surface area contributed by atoms with Crippen molar-refractivity contribution in [3.8, 4) is 0 Å². The van der Waals surface area contributed by atoms with E-state index in [0.717, 1.165) is 52.0 Å². The normalized spacial score (nSPS) is 20.0. The number of amides is 1. The number of benzene rings is 1. The Balaban J connectivity index is 1.29. The molecule has 2 saturated heterocycles. The first-order valence-corrected chi connectivity index (χ1v) is 9.83. The minimum absolute atomic E-state index is 0.187. The van der Waals surface area contributed by atoms with Crippen molar-refractivity contribution in [2.45, 2.75) is 25.8 Å². The summed E-state index contributed by atoms with van der Waals surface area (Å²) in [5, 5.41) is 0. The van der Waals surface area contributed by atoms with E-state index in [0.29, 0.717) is 5.91 Å². The molecule has 1 aromatic carbocycles. The lowest BCUT2D eigenvalue weighted by atomic mass is 9.77. The topological polar surface area (TPSA) is 36.4 Å². The molecule has 0 bridgehead atoms. The Bertz CT molecular complexity index is 780. The quantitative estimate of drug-likeness (QED) is 0.816. The van der Waals surface area contributed by atoms with Crippen LogP contribution in [0.4, 0.5) is 0 Å². The van der Waals surface area contributed by atoms with Gasteiger partial charge in [0, 0.05) is 38.4 Å². The molecular formula is C23H27N3O. The van der Waals surface area contributed by atoms with Crippen molar-refractivity contribution in [3.05, 3.63) is 72.1 Å². The van der Waals surface area contributed by atoms with Gasteiger partial charge in [0.05, 0.1) is 0 Å². The Morgan fingerprint density at radius 3 is 2.52 bits per heavy atom. The largest absolute Gasteiger partial charge is 0.338 e. The zero-order valence-corrected chi connectivity index (χ0v) is 15.8. The Kier molecular flexibility index (Phi) is 5.35. The van der Waals surface area contributed by atoms with Crippen molar-refractivity contribution < 1.29 is 4.79 Å². The van der Waals surface area contributed by atoms with Crippen molar-refractivity contribution >= 4 is 12.0 Å². The molecular weight excluding hydrogens is 334 g/mol. The third-order valence-corrected chi connectivity index (χ3v) is 5.91. The summed E-state index contributed by atoms with van der Waals surface area (Å²) in [5.41, 5.74) is 2.69. The van der Waals surface area contributed by atoms with E-state index < -0.39 is 0 Å². The van der Waals surface area contributed by atoms with E-state index in [1.165, 1.54) is 11.1 Å². The maximum atomic E-state index is 12.5. The summed E-state index contributed by atoms with van der Waals surface area (Å²) in [4.78, 5) is 21.2. The molecule has 140 valence electrons. The summed E-state index contributed by atoms with van der Waals surface area (Å²) in [6, 6.07) is 14.4. The van der Waals surface area contributed by atoms with Crippen molar-refractivity contribution in [1.82, 2.24) is 14.8 Å². The van der Waals surface area contributed by atoms with Gasteiger partial charge in [0.2, 0.25) is 5.91 Å². The van der Waals surface area contributed by atoms with Gasteiger partial charge >= 0.3 is 0 Å². The minimum Gasteiger partial charge on any atom is -0.338 e. The highest BCUT2D eigenvalue weighted by Crippen LogP contribution is 2.41. The Labute approximate surface area is 161 Å². The Morgan fingerprint density at radius 2 is 1.78 bits per heavy atom. The van der Waals surface area contributed by atoms with Crippen molar-refractivity contribution in [1.29, 1.82) is 0 Å². The second-order valence-corrected chi connectivity index (χ2v) is 7.90. The van der Waals surface area contributed by atoms with Crippen LogP contribution in [0.1, 0.15) is 30.4 Å². The third-order valence-electron chi connectivity index (χ3n) is 5.91. The number of pyridine rings is 1. The number of rotatable bonds is 5. The van der Waals surface area contributed by atoms with Crippen LogP contribution in [-0.2, 0) is 11.3 Å². The average Bonchev–Trinajstić information content (AvgIpc) is 3.01. The minimum atomic E-state index is 0.187. The van der Waals surface area contributed by atoms with Gasteiger partial charge in [0.15, 0.2) is 0 Å². The number of hydrogen-bond donors (Lipinski definition) is 0. The van der Waals surface area contributed by atoms with Crippen LogP contribution in [0.25, 0.3) is 6.08 Å². The van der Waals surface area contributed by atoms with Gasteiger partial charge in [-0.3, -0.25) is 14.7 Å². The molecule has 4 nitrogen and oxygen atoms in total. The van der Waals surface area contributed by atoms with Gasteiger partial charge in [-0.05, 0) is 54.6 Å². The molecule has 2 aliphatic rings. The number of carbonyl (C=O) groups is 1. The molecule has 0 N–H and O–H groups in total. The van der Waals surface area contributed by atoms with Gasteiger partial charge in [-0.2, -0.15) is 0 Å². The molecule has 1 amide bonds. The van der Waals surface area contributed by atoms with E-state index in [4.69, 9.17) is 0 Å². The zero-order chi connectivity index (χ0) is 18.5. The number of nitrogens with zero attached hydrogens (tertiary/aromatic N) is 3. The fourth-order valence-electron chi connectivity index (χ4n) is 4.29. The summed E-state index contributed by atoms with van der Waals surface area (Å²) in [6.07, 6.45) is 10.9. The van der Waals surface area contributed by atoms with Crippen LogP contribution < -0.4 is 0 Å². The van der Waals surface area contributed by atoms with Crippen LogP contribution >= 0.6 is 0 Å². The molecule has 0 aliphatic carbocycles. The van der Waals surface area contributed by atoms with Gasteiger partial charge in [-0.25, -0.2) is 0 Å². The SMILES string of the molecule is O=C1CC2(CCN(Cc3ccncc3)CC2)CN1C/C=C/c1ccccc1. The average molecular weight is 361 g/mol. The van der Waals surface area contributed by atoms with Crippen molar-refractivity contribution in [2.24, 2.45) is 5.41 Å². The summed E-state index contributed by atoms with van der Waals surface area (Å²) in [7, 11) is 0. The molecule has 3 heterocycles. The predicted molar refractivity (Wildman–Crippen MR) is 108 cm³/mol. The molecule has 2 aliphatic heterocycles. The van der Waals surface area contributed by atoms with Gasteiger partial charge in [-0.15, -0.1) is 0 Å². The second-order valence-electron chi connectivity index (χ2n) is 7.90. The van der Waals surface area contributed by atoms with Crippen LogP contribution in [0.15, 0.2) is 60.9 Å². The molecule has 0 unspecified atom stereocenters. The predicted octanol–water partition coefficient (Wildman–Crippen LogP) is 3.61. The number of hydrogen-bond acceptors (Lipinski definition) is 3. The fraction of sp³-hybridized carbons (Fsp3) is 0.391. The third kappa shape index (κ3) is 4.45. The maximum absolute atomic E-state index is 12.5. The molecule has 1 aromatic heterocycles. The molecule has 0 radical (unpaired) electrons. The lowest BCUT2D eigenvalue weighted by Gasteiger charge is -2.38. The van der Waals surface area contributed by atoms with Crippen LogP contribution in [0.2, 0.25) is 0 Å². The molecule has 0 atom stereocenters. The van der Waals surface area contributed by atoms with Gasteiger partial charge < -0.3 is 4.90 Å². The van der Waals surface area contributed by atoms with Crippen LogP contribution in [-0.4, -0.2) is 46.9 Å². The highest BCUT2D eigenvalue weighted by atomic mass is 16.2. The molecule has 2 fully saturated rings. The summed E-state index contributed by atoms with van der Waals surface area (Å²) in [6.45, 7) is 4.76. The van der Waals surface area contributed by atoms with Crippen LogP contribution in [0.3, 0.4) is 0 Å². The molecule has 4 heteroatoms. The second kappa shape index (κ2) is 8.05. The highest BCUT2D eigenvalue weighted by molar-refractivity contribution is 5.79. The van der Waals surface area contributed by atoms with Crippen LogP contribution in [0.5, 0.6) is 0 Å². The Hall–Kier alpha value is -2.46. The number of likely N-dealkylation sites (tertiary alicyclic amines) is 2. The first kappa shape index (κ1) is 17.9. The molecule has 1 spiro atoms.